The van der Waals surface area contributed by atoms with Gasteiger partial charge in [0.25, 0.3) is 0 Å². The van der Waals surface area contributed by atoms with E-state index in [9.17, 15) is 9.59 Å². The van der Waals surface area contributed by atoms with Crippen molar-refractivity contribution in [1.82, 2.24) is 10.6 Å². The molecule has 0 aromatic rings. The van der Waals surface area contributed by atoms with E-state index < -0.39 is 0 Å². The van der Waals surface area contributed by atoms with E-state index in [0.29, 0.717) is 31.7 Å². The fourth-order valence-corrected chi connectivity index (χ4v) is 1.38. The van der Waals surface area contributed by atoms with Crippen LogP contribution in [0.2, 0.25) is 0 Å². The second kappa shape index (κ2) is 10.5. The molecule has 19 heavy (non-hydrogen) atoms. The van der Waals surface area contributed by atoms with Crippen molar-refractivity contribution in [2.24, 2.45) is 0 Å². The lowest BCUT2D eigenvalue weighted by atomic mass is 10.2. The van der Waals surface area contributed by atoms with Crippen LogP contribution in [0.3, 0.4) is 0 Å². The van der Waals surface area contributed by atoms with Crippen molar-refractivity contribution in [2.75, 3.05) is 33.9 Å². The zero-order chi connectivity index (χ0) is 14.7. The van der Waals surface area contributed by atoms with E-state index in [4.69, 9.17) is 4.74 Å². The lowest BCUT2D eigenvalue weighted by molar-refractivity contribution is -0.136. The summed E-state index contributed by atoms with van der Waals surface area (Å²) in [6.45, 7) is 5.06. The van der Waals surface area contributed by atoms with Crippen molar-refractivity contribution >= 4 is 11.9 Å². The number of hydrogen-bond donors (Lipinski definition) is 2. The molecule has 0 fully saturated rings. The van der Waals surface area contributed by atoms with E-state index in [1.54, 1.807) is 20.1 Å². The van der Waals surface area contributed by atoms with E-state index >= 15 is 0 Å². The number of rotatable bonds is 9. The van der Waals surface area contributed by atoms with Gasteiger partial charge in [0.05, 0.1) is 19.8 Å². The van der Waals surface area contributed by atoms with E-state index in [0.717, 1.165) is 0 Å². The minimum atomic E-state index is -0.332. The second-order valence-electron chi connectivity index (χ2n) is 3.99. The third-order valence-corrected chi connectivity index (χ3v) is 2.60. The van der Waals surface area contributed by atoms with Crippen molar-refractivity contribution in [3.63, 3.8) is 0 Å². The fourth-order valence-electron chi connectivity index (χ4n) is 1.38. The van der Waals surface area contributed by atoms with E-state index in [1.165, 1.54) is 7.11 Å². The van der Waals surface area contributed by atoms with Crippen molar-refractivity contribution < 1.29 is 19.1 Å². The van der Waals surface area contributed by atoms with Crippen LogP contribution in [-0.4, -0.2) is 51.8 Å². The number of hydrogen-bond acceptors (Lipinski definition) is 5. The second-order valence-corrected chi connectivity index (χ2v) is 3.99. The number of carbonyl (C=O) groups is 2. The summed E-state index contributed by atoms with van der Waals surface area (Å²) in [6, 6.07) is -0.330. The summed E-state index contributed by atoms with van der Waals surface area (Å²) in [5, 5.41) is 5.75. The molecule has 0 heterocycles. The van der Waals surface area contributed by atoms with Gasteiger partial charge >= 0.3 is 5.97 Å². The summed E-state index contributed by atoms with van der Waals surface area (Å²) < 4.78 is 9.49. The molecule has 0 spiro atoms. The molecule has 6 heteroatoms. The van der Waals surface area contributed by atoms with Crippen molar-refractivity contribution in [2.45, 2.75) is 26.3 Å². The zero-order valence-electron chi connectivity index (χ0n) is 12.1. The topological polar surface area (TPSA) is 76.7 Å². The maximum Gasteiger partial charge on any atom is 0.333 e. The Labute approximate surface area is 114 Å². The Morgan fingerprint density at radius 1 is 1.32 bits per heavy atom. The highest BCUT2D eigenvalue weighted by molar-refractivity contribution is 5.88. The van der Waals surface area contributed by atoms with E-state index in [2.05, 4.69) is 15.4 Å². The van der Waals surface area contributed by atoms with E-state index in [-0.39, 0.29) is 17.9 Å². The normalized spacial score (nSPS) is 12.9. The number of esters is 1. The average Bonchev–Trinajstić information content (AvgIpc) is 2.42. The Kier molecular flexibility index (Phi) is 9.74. The lowest BCUT2D eigenvalue weighted by Gasteiger charge is -2.13. The minimum absolute atomic E-state index is 0.0958. The van der Waals surface area contributed by atoms with Crippen LogP contribution in [-0.2, 0) is 19.1 Å². The quantitative estimate of drug-likeness (QED) is 0.357. The molecule has 1 unspecified atom stereocenters. The number of nitrogens with one attached hydrogen (secondary N) is 2. The van der Waals surface area contributed by atoms with Crippen LogP contribution in [0.25, 0.3) is 0 Å². The molecule has 0 radical (unpaired) electrons. The van der Waals surface area contributed by atoms with Crippen LogP contribution in [0, 0.1) is 0 Å². The SMILES string of the molecule is CCC(=CCNC(C)C(=O)NCCOC)C(=O)OC. The van der Waals surface area contributed by atoms with Gasteiger partial charge < -0.3 is 20.1 Å². The first kappa shape index (κ1) is 17.6. The number of methoxy groups -OCH3 is 2. The van der Waals surface area contributed by atoms with Crippen molar-refractivity contribution in [1.29, 1.82) is 0 Å². The van der Waals surface area contributed by atoms with Crippen LogP contribution in [0.4, 0.5) is 0 Å². The smallest absolute Gasteiger partial charge is 0.333 e. The summed E-state index contributed by atoms with van der Waals surface area (Å²) in [5.41, 5.74) is 0.599. The molecule has 0 aliphatic carbocycles. The predicted octanol–water partition coefficient (Wildman–Crippen LogP) is 0.237. The molecule has 0 saturated carbocycles. The van der Waals surface area contributed by atoms with Crippen LogP contribution < -0.4 is 10.6 Å². The Bertz CT molecular complexity index is 316. The molecule has 0 aromatic heterocycles. The minimum Gasteiger partial charge on any atom is -0.466 e. The number of amides is 1. The highest BCUT2D eigenvalue weighted by Crippen LogP contribution is 2.01. The molecular weight excluding hydrogens is 248 g/mol. The van der Waals surface area contributed by atoms with Gasteiger partial charge in [0.15, 0.2) is 0 Å². The molecule has 1 atom stereocenters. The maximum atomic E-state index is 11.6. The summed E-state index contributed by atoms with van der Waals surface area (Å²) in [7, 11) is 2.93. The Morgan fingerprint density at radius 2 is 2.00 bits per heavy atom. The lowest BCUT2D eigenvalue weighted by Crippen LogP contribution is -2.43. The van der Waals surface area contributed by atoms with Gasteiger partial charge in [0.1, 0.15) is 0 Å². The monoisotopic (exact) mass is 272 g/mol. The maximum absolute atomic E-state index is 11.6. The highest BCUT2D eigenvalue weighted by Gasteiger charge is 2.11. The summed E-state index contributed by atoms with van der Waals surface area (Å²) in [4.78, 5) is 22.9. The molecule has 0 bridgehead atoms. The molecule has 0 saturated heterocycles. The third-order valence-electron chi connectivity index (χ3n) is 2.60. The van der Waals surface area contributed by atoms with Crippen LogP contribution >= 0.6 is 0 Å². The van der Waals surface area contributed by atoms with Crippen LogP contribution in [0.15, 0.2) is 11.6 Å². The van der Waals surface area contributed by atoms with Gasteiger partial charge in [0, 0.05) is 25.8 Å². The first-order chi connectivity index (χ1) is 9.06. The van der Waals surface area contributed by atoms with Crippen molar-refractivity contribution in [3.8, 4) is 0 Å². The molecule has 0 aliphatic heterocycles. The Hall–Kier alpha value is -1.40. The molecule has 0 aromatic carbocycles. The molecule has 6 nitrogen and oxygen atoms in total. The predicted molar refractivity (Wildman–Crippen MR) is 72.7 cm³/mol. The Balaban J connectivity index is 4.07. The van der Waals surface area contributed by atoms with Crippen LogP contribution in [0.1, 0.15) is 20.3 Å². The summed E-state index contributed by atoms with van der Waals surface area (Å²) in [5.74, 6) is -0.428. The fraction of sp³-hybridized carbons (Fsp3) is 0.692. The largest absolute Gasteiger partial charge is 0.466 e. The summed E-state index contributed by atoms with van der Waals surface area (Å²) in [6.07, 6.45) is 2.34. The van der Waals surface area contributed by atoms with Gasteiger partial charge in [-0.2, -0.15) is 0 Å². The first-order valence-corrected chi connectivity index (χ1v) is 6.34. The first-order valence-electron chi connectivity index (χ1n) is 6.34. The third kappa shape index (κ3) is 7.58. The van der Waals surface area contributed by atoms with Crippen molar-refractivity contribution in [3.05, 3.63) is 11.6 Å². The average molecular weight is 272 g/mol. The van der Waals surface area contributed by atoms with Crippen LogP contribution in [0.5, 0.6) is 0 Å². The summed E-state index contributed by atoms with van der Waals surface area (Å²) >= 11 is 0. The number of carbonyl (C=O) groups excluding carboxylic acids is 2. The standard InChI is InChI=1S/C13H24N2O4/c1-5-11(13(17)19-4)6-7-14-10(2)12(16)15-8-9-18-3/h6,10,14H,5,7-9H2,1-4H3,(H,15,16). The Morgan fingerprint density at radius 3 is 2.53 bits per heavy atom. The molecule has 1 amide bonds. The molecule has 0 aliphatic rings. The molecular formula is C13H24N2O4. The van der Waals surface area contributed by atoms with Gasteiger partial charge in [-0.15, -0.1) is 0 Å². The van der Waals surface area contributed by atoms with E-state index in [1.807, 2.05) is 6.92 Å². The molecule has 2 N–H and O–H groups in total. The molecule has 0 rings (SSSR count). The highest BCUT2D eigenvalue weighted by atomic mass is 16.5. The zero-order valence-corrected chi connectivity index (χ0v) is 12.1. The number of ether oxygens (including phenoxy) is 2. The van der Waals surface area contributed by atoms with Gasteiger partial charge in [-0.3, -0.25) is 4.79 Å². The van der Waals surface area contributed by atoms with Gasteiger partial charge in [-0.25, -0.2) is 4.79 Å². The van der Waals surface area contributed by atoms with Gasteiger partial charge in [-0.1, -0.05) is 13.0 Å². The molecule has 110 valence electrons. The van der Waals surface area contributed by atoms with Gasteiger partial charge in [0.2, 0.25) is 5.91 Å². The van der Waals surface area contributed by atoms with Gasteiger partial charge in [-0.05, 0) is 13.3 Å².